The molecule has 0 spiro atoms. The van der Waals surface area contributed by atoms with Crippen molar-refractivity contribution in [1.29, 1.82) is 0 Å². The molecule has 0 bridgehead atoms. The second-order valence-corrected chi connectivity index (χ2v) is 6.85. The van der Waals surface area contributed by atoms with Crippen LogP contribution in [0.15, 0.2) is 34.9 Å². The Labute approximate surface area is 109 Å². The number of furan rings is 1. The second kappa shape index (κ2) is 5.23. The van der Waals surface area contributed by atoms with Crippen molar-refractivity contribution in [3.8, 4) is 0 Å². The molecule has 2 aromatic heterocycles. The normalized spacial score (nSPS) is 13.7. The third-order valence-electron chi connectivity index (χ3n) is 2.27. The van der Waals surface area contributed by atoms with Gasteiger partial charge >= 0.3 is 0 Å². The van der Waals surface area contributed by atoms with E-state index in [1.807, 2.05) is 0 Å². The Balaban J connectivity index is 2.06. The zero-order valence-corrected chi connectivity index (χ0v) is 11.3. The van der Waals surface area contributed by atoms with Crippen LogP contribution in [-0.2, 0) is 16.6 Å². The molecule has 2 rings (SSSR count). The van der Waals surface area contributed by atoms with Gasteiger partial charge in [0, 0.05) is 16.3 Å². The lowest BCUT2D eigenvalue weighted by atomic mass is 10.2. The number of sulfonamides is 1. The summed E-state index contributed by atoms with van der Waals surface area (Å²) in [5.74, 6) is 0.472. The van der Waals surface area contributed by atoms with Gasteiger partial charge in [-0.2, -0.15) is 0 Å². The SMILES string of the molecule is CS(=O)(=O)NCc1ccc(C(O)c2ccco2)s1. The molecule has 0 saturated heterocycles. The van der Waals surface area contributed by atoms with E-state index in [2.05, 4.69) is 4.72 Å². The van der Waals surface area contributed by atoms with Gasteiger partial charge in [-0.15, -0.1) is 11.3 Å². The molecule has 5 nitrogen and oxygen atoms in total. The minimum Gasteiger partial charge on any atom is -0.466 e. The van der Waals surface area contributed by atoms with Gasteiger partial charge in [0.25, 0.3) is 0 Å². The fourth-order valence-electron chi connectivity index (χ4n) is 1.43. The second-order valence-electron chi connectivity index (χ2n) is 3.82. The van der Waals surface area contributed by atoms with Gasteiger partial charge in [0.05, 0.1) is 12.5 Å². The topological polar surface area (TPSA) is 79.5 Å². The van der Waals surface area contributed by atoms with Gasteiger partial charge in [-0.3, -0.25) is 0 Å². The van der Waals surface area contributed by atoms with E-state index in [1.54, 1.807) is 24.3 Å². The van der Waals surface area contributed by atoms with Crippen molar-refractivity contribution in [2.45, 2.75) is 12.6 Å². The summed E-state index contributed by atoms with van der Waals surface area (Å²) < 4.78 is 29.4. The molecule has 0 aliphatic rings. The van der Waals surface area contributed by atoms with Crippen molar-refractivity contribution in [1.82, 2.24) is 4.72 Å². The molecule has 1 unspecified atom stereocenters. The molecule has 0 aliphatic heterocycles. The number of aliphatic hydroxyl groups excluding tert-OH is 1. The molecule has 7 heteroatoms. The maximum absolute atomic E-state index is 11.0. The van der Waals surface area contributed by atoms with Crippen molar-refractivity contribution in [3.63, 3.8) is 0 Å². The number of aliphatic hydroxyl groups is 1. The predicted octanol–water partition coefficient (Wildman–Crippen LogP) is 1.47. The van der Waals surface area contributed by atoms with Crippen LogP contribution in [0, 0.1) is 0 Å². The zero-order valence-electron chi connectivity index (χ0n) is 9.66. The summed E-state index contributed by atoms with van der Waals surface area (Å²) >= 11 is 1.34. The zero-order chi connectivity index (χ0) is 13.2. The van der Waals surface area contributed by atoms with Crippen LogP contribution in [0.1, 0.15) is 21.6 Å². The first-order chi connectivity index (χ1) is 8.46. The average molecular weight is 287 g/mol. The van der Waals surface area contributed by atoms with Gasteiger partial charge in [0.15, 0.2) is 0 Å². The third-order valence-corrected chi connectivity index (χ3v) is 4.08. The molecule has 2 heterocycles. The summed E-state index contributed by atoms with van der Waals surface area (Å²) in [4.78, 5) is 1.55. The monoisotopic (exact) mass is 287 g/mol. The highest BCUT2D eigenvalue weighted by Crippen LogP contribution is 2.28. The summed E-state index contributed by atoms with van der Waals surface area (Å²) in [5.41, 5.74) is 0. The largest absolute Gasteiger partial charge is 0.466 e. The quantitative estimate of drug-likeness (QED) is 0.873. The fraction of sp³-hybridized carbons (Fsp3) is 0.273. The van der Waals surface area contributed by atoms with Gasteiger partial charge < -0.3 is 9.52 Å². The Kier molecular flexibility index (Phi) is 3.86. The highest BCUT2D eigenvalue weighted by atomic mass is 32.2. The molecular weight excluding hydrogens is 274 g/mol. The Morgan fingerprint density at radius 2 is 2.22 bits per heavy atom. The number of rotatable bonds is 5. The number of hydrogen-bond donors (Lipinski definition) is 2. The van der Waals surface area contributed by atoms with Gasteiger partial charge in [-0.1, -0.05) is 0 Å². The van der Waals surface area contributed by atoms with Crippen molar-refractivity contribution >= 4 is 21.4 Å². The Morgan fingerprint density at radius 1 is 1.44 bits per heavy atom. The molecule has 0 aliphatic carbocycles. The molecule has 0 amide bonds. The number of hydrogen-bond acceptors (Lipinski definition) is 5. The molecule has 0 saturated carbocycles. The first-order valence-electron chi connectivity index (χ1n) is 5.20. The van der Waals surface area contributed by atoms with E-state index in [0.29, 0.717) is 5.76 Å². The van der Waals surface area contributed by atoms with Gasteiger partial charge in [0.1, 0.15) is 11.9 Å². The first-order valence-corrected chi connectivity index (χ1v) is 7.91. The van der Waals surface area contributed by atoms with E-state index in [0.717, 1.165) is 16.0 Å². The number of thiophene rings is 1. The van der Waals surface area contributed by atoms with E-state index in [4.69, 9.17) is 4.42 Å². The smallest absolute Gasteiger partial charge is 0.209 e. The van der Waals surface area contributed by atoms with Crippen LogP contribution in [0.3, 0.4) is 0 Å². The maximum Gasteiger partial charge on any atom is 0.209 e. The Morgan fingerprint density at radius 3 is 2.83 bits per heavy atom. The van der Waals surface area contributed by atoms with Crippen molar-refractivity contribution in [2.24, 2.45) is 0 Å². The van der Waals surface area contributed by atoms with Crippen molar-refractivity contribution < 1.29 is 17.9 Å². The van der Waals surface area contributed by atoms with E-state index >= 15 is 0 Å². The standard InChI is InChI=1S/C11H13NO4S2/c1-18(14,15)12-7-8-4-5-10(17-8)11(13)9-3-2-6-16-9/h2-6,11-13H,7H2,1H3. The lowest BCUT2D eigenvalue weighted by molar-refractivity contribution is 0.193. The van der Waals surface area contributed by atoms with Gasteiger partial charge in [0.2, 0.25) is 10.0 Å². The average Bonchev–Trinajstić information content (AvgIpc) is 2.96. The lowest BCUT2D eigenvalue weighted by Gasteiger charge is -2.04. The summed E-state index contributed by atoms with van der Waals surface area (Å²) in [6.07, 6.45) is 1.80. The van der Waals surface area contributed by atoms with E-state index in [9.17, 15) is 13.5 Å². The highest BCUT2D eigenvalue weighted by Gasteiger charge is 2.15. The highest BCUT2D eigenvalue weighted by molar-refractivity contribution is 7.88. The molecule has 0 fully saturated rings. The van der Waals surface area contributed by atoms with Gasteiger partial charge in [-0.05, 0) is 24.3 Å². The predicted molar refractivity (Wildman–Crippen MR) is 68.8 cm³/mol. The molecule has 18 heavy (non-hydrogen) atoms. The summed E-state index contributed by atoms with van der Waals surface area (Å²) in [7, 11) is -3.20. The van der Waals surface area contributed by atoms with Crippen molar-refractivity contribution in [2.75, 3.05) is 6.26 Å². The van der Waals surface area contributed by atoms with Crippen LogP contribution in [0.25, 0.3) is 0 Å². The van der Waals surface area contributed by atoms with Crippen molar-refractivity contribution in [3.05, 3.63) is 46.0 Å². The minimum absolute atomic E-state index is 0.231. The van der Waals surface area contributed by atoms with E-state index in [-0.39, 0.29) is 6.54 Å². The van der Waals surface area contributed by atoms with E-state index in [1.165, 1.54) is 17.6 Å². The van der Waals surface area contributed by atoms with E-state index < -0.39 is 16.1 Å². The van der Waals surface area contributed by atoms with Crippen LogP contribution in [0.4, 0.5) is 0 Å². The molecule has 98 valence electrons. The van der Waals surface area contributed by atoms with Crippen LogP contribution in [0.2, 0.25) is 0 Å². The Bertz CT molecular complexity index is 601. The number of nitrogens with one attached hydrogen (secondary N) is 1. The molecule has 0 aromatic carbocycles. The Hall–Kier alpha value is -1.15. The minimum atomic E-state index is -3.20. The van der Waals surface area contributed by atoms with Crippen LogP contribution < -0.4 is 4.72 Å². The first kappa shape index (κ1) is 13.3. The molecule has 2 N–H and O–H groups in total. The molecular formula is C11H13NO4S2. The molecule has 0 radical (unpaired) electrons. The summed E-state index contributed by atoms with van der Waals surface area (Å²) in [6, 6.07) is 6.94. The third kappa shape index (κ3) is 3.42. The molecule has 1 atom stereocenters. The van der Waals surface area contributed by atoms with Crippen LogP contribution >= 0.6 is 11.3 Å². The molecule has 2 aromatic rings. The maximum atomic E-state index is 11.0. The van der Waals surface area contributed by atoms with Crippen LogP contribution in [0.5, 0.6) is 0 Å². The fourth-order valence-corrected chi connectivity index (χ4v) is 2.88. The van der Waals surface area contributed by atoms with Gasteiger partial charge in [-0.25, -0.2) is 13.1 Å². The van der Waals surface area contributed by atoms with Crippen LogP contribution in [-0.4, -0.2) is 19.8 Å². The summed E-state index contributed by atoms with van der Waals surface area (Å²) in [5, 5.41) is 10.0. The summed E-state index contributed by atoms with van der Waals surface area (Å²) in [6.45, 7) is 0.231. The lowest BCUT2D eigenvalue weighted by Crippen LogP contribution is -2.20.